The molecule has 0 aliphatic heterocycles. The molecule has 1 unspecified atom stereocenters. The van der Waals surface area contributed by atoms with Crippen LogP contribution in [0, 0.1) is 5.92 Å². The van der Waals surface area contributed by atoms with Crippen molar-refractivity contribution < 1.29 is 9.90 Å². The number of carboxylic acid groups (broad SMARTS) is 1. The first-order chi connectivity index (χ1) is 7.09. The van der Waals surface area contributed by atoms with E-state index in [1.165, 1.54) is 11.1 Å². The van der Waals surface area contributed by atoms with Crippen LogP contribution >= 0.6 is 0 Å². The van der Waals surface area contributed by atoms with Crippen LogP contribution in [-0.4, -0.2) is 11.1 Å². The quantitative estimate of drug-likeness (QED) is 0.717. The lowest BCUT2D eigenvalue weighted by Gasteiger charge is -2.18. The summed E-state index contributed by atoms with van der Waals surface area (Å²) in [7, 11) is 0. The molecule has 0 aromatic heterocycles. The Labute approximate surface area is 91.7 Å². The molecular formula is C13H20O2. The smallest absolute Gasteiger partial charge is 0.306 e. The van der Waals surface area contributed by atoms with Crippen molar-refractivity contribution in [1.29, 1.82) is 0 Å². The lowest BCUT2D eigenvalue weighted by molar-refractivity contribution is -0.142. The van der Waals surface area contributed by atoms with Gasteiger partial charge in [-0.25, -0.2) is 0 Å². The van der Waals surface area contributed by atoms with Crippen LogP contribution in [0.4, 0.5) is 0 Å². The van der Waals surface area contributed by atoms with Crippen LogP contribution < -0.4 is 0 Å². The third-order valence-electron chi connectivity index (χ3n) is 2.82. The van der Waals surface area contributed by atoms with Crippen LogP contribution in [0.5, 0.6) is 0 Å². The zero-order chi connectivity index (χ0) is 11.3. The summed E-state index contributed by atoms with van der Waals surface area (Å²) in [4.78, 5) is 10.8. The minimum absolute atomic E-state index is 0.142. The Balaban J connectivity index is 2.40. The van der Waals surface area contributed by atoms with Gasteiger partial charge in [-0.3, -0.25) is 4.79 Å². The van der Waals surface area contributed by atoms with E-state index in [0.29, 0.717) is 0 Å². The van der Waals surface area contributed by atoms with Crippen LogP contribution in [0.1, 0.15) is 46.0 Å². The maximum atomic E-state index is 10.8. The highest BCUT2D eigenvalue weighted by molar-refractivity contribution is 5.70. The van der Waals surface area contributed by atoms with Crippen LogP contribution in [0.2, 0.25) is 0 Å². The second-order valence-electron chi connectivity index (χ2n) is 4.50. The Bertz CT molecular complexity index is 283. The second kappa shape index (κ2) is 5.74. The van der Waals surface area contributed by atoms with E-state index in [1.807, 2.05) is 0 Å². The van der Waals surface area contributed by atoms with E-state index in [9.17, 15) is 4.79 Å². The zero-order valence-electron chi connectivity index (χ0n) is 9.62. The highest BCUT2D eigenvalue weighted by atomic mass is 16.4. The Morgan fingerprint density at radius 1 is 1.60 bits per heavy atom. The first kappa shape index (κ1) is 12.0. The summed E-state index contributed by atoms with van der Waals surface area (Å²) in [5, 5.41) is 8.93. The van der Waals surface area contributed by atoms with E-state index < -0.39 is 5.97 Å². The highest BCUT2D eigenvalue weighted by Gasteiger charge is 2.21. The average Bonchev–Trinajstić information content (AvgIpc) is 2.17. The number of hydrogen-bond acceptors (Lipinski definition) is 1. The van der Waals surface area contributed by atoms with Gasteiger partial charge in [-0.2, -0.15) is 0 Å². The monoisotopic (exact) mass is 208 g/mol. The fourth-order valence-electron chi connectivity index (χ4n) is 1.95. The van der Waals surface area contributed by atoms with Crippen molar-refractivity contribution in [2.24, 2.45) is 5.92 Å². The summed E-state index contributed by atoms with van der Waals surface area (Å²) in [6, 6.07) is 0. The fourth-order valence-corrected chi connectivity index (χ4v) is 1.95. The molecule has 15 heavy (non-hydrogen) atoms. The summed E-state index contributed by atoms with van der Waals surface area (Å²) >= 11 is 0. The van der Waals surface area contributed by atoms with Gasteiger partial charge in [-0.1, -0.05) is 23.3 Å². The normalized spacial score (nSPS) is 20.7. The van der Waals surface area contributed by atoms with Crippen molar-refractivity contribution in [2.75, 3.05) is 0 Å². The van der Waals surface area contributed by atoms with Gasteiger partial charge in [0.15, 0.2) is 0 Å². The molecule has 0 bridgehead atoms. The molecule has 84 valence electrons. The number of rotatable bonds is 4. The predicted octanol–water partition coefficient (Wildman–Crippen LogP) is 3.54. The van der Waals surface area contributed by atoms with Gasteiger partial charge < -0.3 is 5.11 Å². The van der Waals surface area contributed by atoms with Gasteiger partial charge in [-0.05, 0) is 46.0 Å². The molecule has 0 spiro atoms. The van der Waals surface area contributed by atoms with Crippen molar-refractivity contribution in [3.05, 3.63) is 23.3 Å². The topological polar surface area (TPSA) is 37.3 Å². The Morgan fingerprint density at radius 2 is 2.33 bits per heavy atom. The van der Waals surface area contributed by atoms with Crippen LogP contribution in [-0.2, 0) is 4.79 Å². The molecule has 1 atom stereocenters. The molecule has 1 aliphatic carbocycles. The number of allylic oxidation sites excluding steroid dienone is 4. The van der Waals surface area contributed by atoms with Crippen LogP contribution in [0.15, 0.2) is 23.3 Å². The van der Waals surface area contributed by atoms with Crippen molar-refractivity contribution in [3.8, 4) is 0 Å². The van der Waals surface area contributed by atoms with Crippen LogP contribution in [0.3, 0.4) is 0 Å². The van der Waals surface area contributed by atoms with Gasteiger partial charge in [0, 0.05) is 0 Å². The Kier molecular flexibility index (Phi) is 4.60. The van der Waals surface area contributed by atoms with E-state index >= 15 is 0 Å². The minimum Gasteiger partial charge on any atom is -0.481 e. The maximum absolute atomic E-state index is 10.8. The molecule has 0 saturated carbocycles. The first-order valence-electron chi connectivity index (χ1n) is 5.63. The van der Waals surface area contributed by atoms with Crippen molar-refractivity contribution in [1.82, 2.24) is 0 Å². The molecule has 1 rings (SSSR count). The van der Waals surface area contributed by atoms with E-state index in [2.05, 4.69) is 26.0 Å². The molecule has 0 amide bonds. The standard InChI is InChI=1S/C13H20O2/c1-10(2)5-3-6-11-7-4-8-12(9-11)13(14)15/h5,7,12H,3-4,6,8-9H2,1-2H3,(H,14,15). The summed E-state index contributed by atoms with van der Waals surface area (Å²) in [6.07, 6.45) is 8.99. The first-order valence-corrected chi connectivity index (χ1v) is 5.63. The minimum atomic E-state index is -0.636. The molecular weight excluding hydrogens is 188 g/mol. The summed E-state index contributed by atoms with van der Waals surface area (Å²) < 4.78 is 0. The van der Waals surface area contributed by atoms with E-state index in [-0.39, 0.29) is 5.92 Å². The lowest BCUT2D eigenvalue weighted by atomic mass is 9.87. The van der Waals surface area contributed by atoms with Crippen molar-refractivity contribution in [2.45, 2.75) is 46.0 Å². The average molecular weight is 208 g/mol. The van der Waals surface area contributed by atoms with E-state index in [1.54, 1.807) is 0 Å². The third-order valence-corrected chi connectivity index (χ3v) is 2.82. The molecule has 0 heterocycles. The fraction of sp³-hybridized carbons (Fsp3) is 0.615. The predicted molar refractivity (Wildman–Crippen MR) is 61.7 cm³/mol. The van der Waals surface area contributed by atoms with Gasteiger partial charge in [0.2, 0.25) is 0 Å². The van der Waals surface area contributed by atoms with Gasteiger partial charge in [0.1, 0.15) is 0 Å². The summed E-state index contributed by atoms with van der Waals surface area (Å²) in [5.74, 6) is -0.778. The zero-order valence-corrected chi connectivity index (χ0v) is 9.62. The number of carboxylic acids is 1. The summed E-state index contributed by atoms with van der Waals surface area (Å²) in [5.41, 5.74) is 2.66. The second-order valence-corrected chi connectivity index (χ2v) is 4.50. The SMILES string of the molecule is CC(C)=CCCC1=CCCC(C(=O)O)C1. The van der Waals surface area contributed by atoms with Crippen LogP contribution in [0.25, 0.3) is 0 Å². The molecule has 0 aromatic rings. The third kappa shape index (κ3) is 4.32. The maximum Gasteiger partial charge on any atom is 0.306 e. The summed E-state index contributed by atoms with van der Waals surface area (Å²) in [6.45, 7) is 4.19. The molecule has 0 fully saturated rings. The van der Waals surface area contributed by atoms with Gasteiger partial charge in [0.25, 0.3) is 0 Å². The van der Waals surface area contributed by atoms with Crippen molar-refractivity contribution in [3.63, 3.8) is 0 Å². The van der Waals surface area contributed by atoms with Gasteiger partial charge in [-0.15, -0.1) is 0 Å². The van der Waals surface area contributed by atoms with Gasteiger partial charge in [0.05, 0.1) is 5.92 Å². The Hall–Kier alpha value is -1.05. The lowest BCUT2D eigenvalue weighted by Crippen LogP contribution is -2.16. The molecule has 2 heteroatoms. The molecule has 0 aromatic carbocycles. The van der Waals surface area contributed by atoms with E-state index in [4.69, 9.17) is 5.11 Å². The van der Waals surface area contributed by atoms with E-state index in [0.717, 1.165) is 32.1 Å². The Morgan fingerprint density at radius 3 is 2.93 bits per heavy atom. The number of carbonyl (C=O) groups is 1. The molecule has 0 radical (unpaired) electrons. The number of aliphatic carboxylic acids is 1. The highest BCUT2D eigenvalue weighted by Crippen LogP contribution is 2.27. The van der Waals surface area contributed by atoms with Gasteiger partial charge >= 0.3 is 5.97 Å². The van der Waals surface area contributed by atoms with Crippen molar-refractivity contribution >= 4 is 5.97 Å². The molecule has 0 saturated heterocycles. The number of hydrogen-bond donors (Lipinski definition) is 1. The molecule has 1 N–H and O–H groups in total. The molecule has 1 aliphatic rings. The largest absolute Gasteiger partial charge is 0.481 e. The molecule has 2 nitrogen and oxygen atoms in total.